The number of fused-ring (bicyclic) bond motifs is 2. The number of nitrogens with zero attached hydrogens (tertiary/aromatic N) is 4. The van der Waals surface area contributed by atoms with Crippen molar-refractivity contribution in [2.75, 3.05) is 0 Å². The van der Waals surface area contributed by atoms with E-state index in [2.05, 4.69) is 78.6 Å². The summed E-state index contributed by atoms with van der Waals surface area (Å²) in [6.07, 6.45) is 0. The van der Waals surface area contributed by atoms with Crippen LogP contribution in [0.1, 0.15) is 34.2 Å². The Labute approximate surface area is 216 Å². The summed E-state index contributed by atoms with van der Waals surface area (Å²) >= 11 is 0. The average molecular weight is 485 g/mol. The van der Waals surface area contributed by atoms with Gasteiger partial charge in [-0.15, -0.1) is 0 Å². The monoisotopic (exact) mass is 484 g/mol. The number of hydrogen-bond acceptors (Lipinski definition) is 3. The van der Waals surface area contributed by atoms with Crippen molar-refractivity contribution in [3.63, 3.8) is 0 Å². The van der Waals surface area contributed by atoms with Crippen molar-refractivity contribution in [3.05, 3.63) is 107 Å². The summed E-state index contributed by atoms with van der Waals surface area (Å²) < 4.78 is 4.42. The predicted molar refractivity (Wildman–Crippen MR) is 150 cm³/mol. The van der Waals surface area contributed by atoms with Crippen LogP contribution >= 0.6 is 0 Å². The largest absolute Gasteiger partial charge is 0.327 e. The van der Waals surface area contributed by atoms with Gasteiger partial charge >= 0.3 is 0 Å². The van der Waals surface area contributed by atoms with Gasteiger partial charge in [0.15, 0.2) is 5.78 Å². The van der Waals surface area contributed by atoms with Gasteiger partial charge in [0.1, 0.15) is 11.6 Å². The van der Waals surface area contributed by atoms with E-state index in [0.29, 0.717) is 6.54 Å². The molecule has 0 amide bonds. The molecule has 0 spiro atoms. The number of ketones is 1. The van der Waals surface area contributed by atoms with Gasteiger partial charge < -0.3 is 9.13 Å². The van der Waals surface area contributed by atoms with Crippen molar-refractivity contribution in [2.45, 2.75) is 27.3 Å². The summed E-state index contributed by atoms with van der Waals surface area (Å²) in [5, 5.41) is 0. The third-order valence-electron chi connectivity index (χ3n) is 7.19. The predicted octanol–water partition coefficient (Wildman–Crippen LogP) is 7.12. The third kappa shape index (κ3) is 3.93. The molecule has 0 aliphatic heterocycles. The molecule has 0 N–H and O–H groups in total. The van der Waals surface area contributed by atoms with Gasteiger partial charge in [0, 0.05) is 24.7 Å². The summed E-state index contributed by atoms with van der Waals surface area (Å²) in [7, 11) is 2.07. The maximum Gasteiger partial charge on any atom is 0.160 e. The minimum absolute atomic E-state index is 0.0759. The molecule has 6 rings (SSSR count). The fourth-order valence-electron chi connectivity index (χ4n) is 5.26. The first-order valence-corrected chi connectivity index (χ1v) is 12.5. The van der Waals surface area contributed by atoms with Crippen LogP contribution < -0.4 is 0 Å². The standard InChI is InChI=1S/C32H28N4O/c1-20-17-25(32-34-28-11-7-8-12-29(28)35(32)4)18-30-31(20)33-22(3)36(30)19-23-13-15-24(16-14-23)27-10-6-5-9-26(27)21(2)37/h5-18H,19H2,1-4H3. The molecular formula is C32H28N4O. The molecule has 0 saturated carbocycles. The number of imidazole rings is 2. The zero-order chi connectivity index (χ0) is 25.7. The van der Waals surface area contributed by atoms with Crippen LogP contribution in [0.5, 0.6) is 0 Å². The molecule has 0 saturated heterocycles. The molecule has 0 fully saturated rings. The first-order chi connectivity index (χ1) is 17.9. The molecule has 0 radical (unpaired) electrons. The molecule has 4 aromatic carbocycles. The molecule has 0 atom stereocenters. The van der Waals surface area contributed by atoms with E-state index in [1.807, 2.05) is 36.4 Å². The highest BCUT2D eigenvalue weighted by atomic mass is 16.1. The van der Waals surface area contributed by atoms with Gasteiger partial charge in [0.25, 0.3) is 0 Å². The smallest absolute Gasteiger partial charge is 0.160 e. The van der Waals surface area contributed by atoms with Gasteiger partial charge in [-0.25, -0.2) is 9.97 Å². The lowest BCUT2D eigenvalue weighted by Gasteiger charge is -2.11. The van der Waals surface area contributed by atoms with E-state index < -0.39 is 0 Å². The van der Waals surface area contributed by atoms with Crippen LogP contribution in [0.2, 0.25) is 0 Å². The molecule has 182 valence electrons. The first-order valence-electron chi connectivity index (χ1n) is 12.5. The van der Waals surface area contributed by atoms with Crippen LogP contribution in [0.25, 0.3) is 44.6 Å². The van der Waals surface area contributed by atoms with Crippen molar-refractivity contribution in [1.82, 2.24) is 19.1 Å². The SMILES string of the molecule is CC(=O)c1ccccc1-c1ccc(Cn2c(C)nc3c(C)cc(-c4nc5ccccc5n4C)cc32)cc1. The van der Waals surface area contributed by atoms with Crippen molar-refractivity contribution >= 4 is 27.9 Å². The molecule has 0 aliphatic carbocycles. The summed E-state index contributed by atoms with van der Waals surface area (Å²) in [4.78, 5) is 21.9. The highest BCUT2D eigenvalue weighted by Gasteiger charge is 2.16. The van der Waals surface area contributed by atoms with Crippen molar-refractivity contribution < 1.29 is 4.79 Å². The van der Waals surface area contributed by atoms with Gasteiger partial charge in [-0.05, 0) is 67.3 Å². The number of Topliss-reactive ketones (excluding diaryl/α,β-unsaturated/α-hetero) is 1. The number of carbonyl (C=O) groups is 1. The van der Waals surface area contributed by atoms with E-state index in [0.717, 1.165) is 61.5 Å². The number of rotatable bonds is 5. The normalized spacial score (nSPS) is 11.5. The summed E-state index contributed by atoms with van der Waals surface area (Å²) in [5.41, 5.74) is 10.4. The molecule has 2 heterocycles. The average Bonchev–Trinajstić information content (AvgIpc) is 3.41. The third-order valence-corrected chi connectivity index (χ3v) is 7.19. The van der Waals surface area contributed by atoms with Crippen LogP contribution in [0.15, 0.2) is 84.9 Å². The Balaban J connectivity index is 1.39. The van der Waals surface area contributed by atoms with Gasteiger partial charge in [0.2, 0.25) is 0 Å². The van der Waals surface area contributed by atoms with Crippen LogP contribution in [0.4, 0.5) is 0 Å². The maximum absolute atomic E-state index is 12.1. The Morgan fingerprint density at radius 2 is 1.54 bits per heavy atom. The molecule has 0 unspecified atom stereocenters. The Kier molecular flexibility index (Phi) is 5.49. The number of hydrogen-bond donors (Lipinski definition) is 0. The van der Waals surface area contributed by atoms with Crippen LogP contribution in [-0.2, 0) is 13.6 Å². The number of aryl methyl sites for hydroxylation is 3. The number of benzene rings is 4. The molecule has 0 aliphatic rings. The lowest BCUT2D eigenvalue weighted by molar-refractivity contribution is 0.101. The second kappa shape index (κ2) is 8.86. The van der Waals surface area contributed by atoms with E-state index in [-0.39, 0.29) is 5.78 Å². The molecule has 37 heavy (non-hydrogen) atoms. The summed E-state index contributed by atoms with van der Waals surface area (Å²) in [6, 6.07) is 28.9. The second-order valence-corrected chi connectivity index (χ2v) is 9.69. The van der Waals surface area contributed by atoms with Crippen LogP contribution in [0, 0.1) is 13.8 Å². The second-order valence-electron chi connectivity index (χ2n) is 9.69. The lowest BCUT2D eigenvalue weighted by atomic mass is 9.97. The fraction of sp³-hybridized carbons (Fsp3) is 0.156. The topological polar surface area (TPSA) is 52.7 Å². The molecule has 5 nitrogen and oxygen atoms in total. The van der Waals surface area contributed by atoms with Crippen molar-refractivity contribution in [1.29, 1.82) is 0 Å². The first kappa shape index (κ1) is 22.9. The Morgan fingerprint density at radius 1 is 0.811 bits per heavy atom. The van der Waals surface area contributed by atoms with E-state index in [1.165, 1.54) is 5.56 Å². The Hall–Kier alpha value is -4.51. The van der Waals surface area contributed by atoms with Crippen molar-refractivity contribution in [2.24, 2.45) is 7.05 Å². The maximum atomic E-state index is 12.1. The zero-order valence-corrected chi connectivity index (χ0v) is 21.5. The van der Waals surface area contributed by atoms with Gasteiger partial charge in [-0.3, -0.25) is 4.79 Å². The summed E-state index contributed by atoms with van der Waals surface area (Å²) in [5.74, 6) is 2.00. The highest BCUT2D eigenvalue weighted by Crippen LogP contribution is 2.30. The van der Waals surface area contributed by atoms with Gasteiger partial charge in [-0.1, -0.05) is 60.7 Å². The minimum Gasteiger partial charge on any atom is -0.327 e. The molecule has 0 bridgehead atoms. The van der Waals surface area contributed by atoms with E-state index in [1.54, 1.807) is 6.92 Å². The van der Waals surface area contributed by atoms with Gasteiger partial charge in [-0.2, -0.15) is 0 Å². The summed E-state index contributed by atoms with van der Waals surface area (Å²) in [6.45, 7) is 6.50. The van der Waals surface area contributed by atoms with Crippen LogP contribution in [-0.4, -0.2) is 24.9 Å². The van der Waals surface area contributed by atoms with Crippen molar-refractivity contribution in [3.8, 4) is 22.5 Å². The highest BCUT2D eigenvalue weighted by molar-refractivity contribution is 6.00. The number of aromatic nitrogens is 4. The number of para-hydroxylation sites is 2. The minimum atomic E-state index is 0.0759. The molecule has 2 aromatic heterocycles. The van der Waals surface area contributed by atoms with E-state index >= 15 is 0 Å². The van der Waals surface area contributed by atoms with Gasteiger partial charge in [0.05, 0.1) is 22.1 Å². The lowest BCUT2D eigenvalue weighted by Crippen LogP contribution is -2.02. The van der Waals surface area contributed by atoms with Crippen LogP contribution in [0.3, 0.4) is 0 Å². The Morgan fingerprint density at radius 3 is 2.30 bits per heavy atom. The van der Waals surface area contributed by atoms with E-state index in [9.17, 15) is 4.79 Å². The molecular weight excluding hydrogens is 456 g/mol. The molecule has 5 heteroatoms. The number of carbonyl (C=O) groups excluding carboxylic acids is 1. The quantitative estimate of drug-likeness (QED) is 0.245. The Bertz CT molecular complexity index is 1810. The fourth-order valence-corrected chi connectivity index (χ4v) is 5.26. The molecule has 6 aromatic rings. The van der Waals surface area contributed by atoms with E-state index in [4.69, 9.17) is 9.97 Å². The zero-order valence-electron chi connectivity index (χ0n) is 21.5.